The van der Waals surface area contributed by atoms with E-state index in [0.29, 0.717) is 32.2 Å². The van der Waals surface area contributed by atoms with Gasteiger partial charge in [-0.3, -0.25) is 14.5 Å². The highest BCUT2D eigenvalue weighted by Gasteiger charge is 2.28. The van der Waals surface area contributed by atoms with Crippen LogP contribution in [0.2, 0.25) is 0 Å². The second-order valence-corrected chi connectivity index (χ2v) is 5.75. The van der Waals surface area contributed by atoms with E-state index >= 15 is 0 Å². The van der Waals surface area contributed by atoms with E-state index < -0.39 is 0 Å². The first-order chi connectivity index (χ1) is 10.0. The van der Waals surface area contributed by atoms with Crippen molar-refractivity contribution < 1.29 is 14.7 Å². The van der Waals surface area contributed by atoms with E-state index in [0.717, 1.165) is 25.7 Å². The first-order valence-corrected chi connectivity index (χ1v) is 7.95. The standard InChI is InChI=1S/C15H29N3O3/c1-3-13(4-2)17(8-9-19)11-14(20)18-7-5-6-12(10-18)15(16)21/h12-13,19H,3-11H2,1-2H3,(H2,16,21). The van der Waals surface area contributed by atoms with E-state index in [1.165, 1.54) is 0 Å². The molecule has 1 aliphatic heterocycles. The van der Waals surface area contributed by atoms with Crippen LogP contribution >= 0.6 is 0 Å². The van der Waals surface area contributed by atoms with Crippen molar-refractivity contribution in [2.24, 2.45) is 11.7 Å². The number of piperidine rings is 1. The highest BCUT2D eigenvalue weighted by Crippen LogP contribution is 2.17. The fourth-order valence-corrected chi connectivity index (χ4v) is 3.03. The van der Waals surface area contributed by atoms with Crippen molar-refractivity contribution in [1.82, 2.24) is 9.80 Å². The zero-order valence-electron chi connectivity index (χ0n) is 13.3. The Morgan fingerprint density at radius 1 is 1.38 bits per heavy atom. The summed E-state index contributed by atoms with van der Waals surface area (Å²) in [5.41, 5.74) is 5.35. The maximum Gasteiger partial charge on any atom is 0.236 e. The number of hydrogen-bond acceptors (Lipinski definition) is 4. The monoisotopic (exact) mass is 299 g/mol. The molecule has 2 amide bonds. The topological polar surface area (TPSA) is 86.9 Å². The number of hydrogen-bond donors (Lipinski definition) is 2. The molecule has 0 radical (unpaired) electrons. The third-order valence-electron chi connectivity index (χ3n) is 4.36. The number of nitrogens with two attached hydrogens (primary N) is 1. The first kappa shape index (κ1) is 17.9. The van der Waals surface area contributed by atoms with Crippen molar-refractivity contribution in [1.29, 1.82) is 0 Å². The molecule has 1 aliphatic rings. The molecule has 0 aromatic heterocycles. The number of rotatable bonds is 8. The van der Waals surface area contributed by atoms with E-state index in [2.05, 4.69) is 13.8 Å². The Morgan fingerprint density at radius 2 is 2.05 bits per heavy atom. The maximum absolute atomic E-state index is 12.4. The van der Waals surface area contributed by atoms with Crippen LogP contribution in [-0.2, 0) is 9.59 Å². The van der Waals surface area contributed by atoms with Crippen LogP contribution in [-0.4, -0.2) is 65.5 Å². The third-order valence-corrected chi connectivity index (χ3v) is 4.36. The summed E-state index contributed by atoms with van der Waals surface area (Å²) in [7, 11) is 0. The predicted molar refractivity (Wildman–Crippen MR) is 81.5 cm³/mol. The average Bonchev–Trinajstić information content (AvgIpc) is 2.48. The average molecular weight is 299 g/mol. The van der Waals surface area contributed by atoms with E-state index in [4.69, 9.17) is 5.73 Å². The summed E-state index contributed by atoms with van der Waals surface area (Å²) >= 11 is 0. The van der Waals surface area contributed by atoms with Crippen molar-refractivity contribution in [3.63, 3.8) is 0 Å². The lowest BCUT2D eigenvalue weighted by atomic mass is 9.97. The van der Waals surface area contributed by atoms with Gasteiger partial charge in [0.2, 0.25) is 11.8 Å². The van der Waals surface area contributed by atoms with Gasteiger partial charge in [0.1, 0.15) is 0 Å². The molecule has 1 fully saturated rings. The quantitative estimate of drug-likeness (QED) is 0.670. The fraction of sp³-hybridized carbons (Fsp3) is 0.867. The second-order valence-electron chi connectivity index (χ2n) is 5.75. The summed E-state index contributed by atoms with van der Waals surface area (Å²) in [5, 5.41) is 9.19. The van der Waals surface area contributed by atoms with Gasteiger partial charge in [0.15, 0.2) is 0 Å². The molecule has 0 bridgehead atoms. The molecule has 6 heteroatoms. The zero-order chi connectivity index (χ0) is 15.8. The number of aliphatic hydroxyl groups excluding tert-OH is 1. The highest BCUT2D eigenvalue weighted by molar-refractivity contribution is 5.81. The van der Waals surface area contributed by atoms with Gasteiger partial charge in [0, 0.05) is 25.7 Å². The summed E-state index contributed by atoms with van der Waals surface area (Å²) in [6, 6.07) is 0.304. The van der Waals surface area contributed by atoms with Crippen LogP contribution in [0.3, 0.4) is 0 Å². The van der Waals surface area contributed by atoms with Crippen LogP contribution in [0.5, 0.6) is 0 Å². The van der Waals surface area contributed by atoms with Gasteiger partial charge in [-0.1, -0.05) is 13.8 Å². The van der Waals surface area contributed by atoms with E-state index in [-0.39, 0.29) is 24.3 Å². The number of nitrogens with zero attached hydrogens (tertiary/aromatic N) is 2. The van der Waals surface area contributed by atoms with Gasteiger partial charge >= 0.3 is 0 Å². The molecule has 0 saturated carbocycles. The Labute approximate surface area is 127 Å². The summed E-state index contributed by atoms with van der Waals surface area (Å²) in [4.78, 5) is 27.5. The van der Waals surface area contributed by atoms with Crippen LogP contribution in [0.25, 0.3) is 0 Å². The van der Waals surface area contributed by atoms with Crippen LogP contribution < -0.4 is 5.73 Å². The van der Waals surface area contributed by atoms with E-state index in [1.54, 1.807) is 4.90 Å². The van der Waals surface area contributed by atoms with Crippen LogP contribution in [0.1, 0.15) is 39.5 Å². The third kappa shape index (κ3) is 5.28. The normalized spacial score (nSPS) is 19.3. The number of carbonyl (C=O) groups excluding carboxylic acids is 2. The molecule has 0 aliphatic carbocycles. The van der Waals surface area contributed by atoms with Crippen LogP contribution in [0.4, 0.5) is 0 Å². The Hall–Kier alpha value is -1.14. The second kappa shape index (κ2) is 9.00. The summed E-state index contributed by atoms with van der Waals surface area (Å²) in [6.07, 6.45) is 3.50. The Bertz CT molecular complexity index is 345. The molecule has 1 unspecified atom stereocenters. The van der Waals surface area contributed by atoms with Crippen molar-refractivity contribution in [3.8, 4) is 0 Å². The molecule has 3 N–H and O–H groups in total. The summed E-state index contributed by atoms with van der Waals surface area (Å²) in [6.45, 7) is 6.17. The van der Waals surface area contributed by atoms with Crippen molar-refractivity contribution >= 4 is 11.8 Å². The molecule has 1 rings (SSSR count). The fourth-order valence-electron chi connectivity index (χ4n) is 3.03. The Balaban J connectivity index is 2.61. The van der Waals surface area contributed by atoms with E-state index in [9.17, 15) is 14.7 Å². The van der Waals surface area contributed by atoms with Crippen molar-refractivity contribution in [3.05, 3.63) is 0 Å². The minimum absolute atomic E-state index is 0.0290. The predicted octanol–water partition coefficient (Wildman–Crippen LogP) is 0.193. The summed E-state index contributed by atoms with van der Waals surface area (Å²) < 4.78 is 0. The molecular weight excluding hydrogens is 270 g/mol. The SMILES string of the molecule is CCC(CC)N(CCO)CC(=O)N1CCCC(C(N)=O)C1. The van der Waals surface area contributed by atoms with Crippen LogP contribution in [0, 0.1) is 5.92 Å². The number of likely N-dealkylation sites (tertiary alicyclic amines) is 1. The van der Waals surface area contributed by atoms with Crippen molar-refractivity contribution in [2.75, 3.05) is 32.8 Å². The minimum Gasteiger partial charge on any atom is -0.395 e. The zero-order valence-corrected chi connectivity index (χ0v) is 13.3. The van der Waals surface area contributed by atoms with Gasteiger partial charge in [-0.25, -0.2) is 0 Å². The summed E-state index contributed by atoms with van der Waals surface area (Å²) in [5.74, 6) is -0.511. The smallest absolute Gasteiger partial charge is 0.236 e. The van der Waals surface area contributed by atoms with Gasteiger partial charge < -0.3 is 15.7 Å². The number of primary amides is 1. The lowest BCUT2D eigenvalue weighted by molar-refractivity contribution is -0.136. The molecule has 0 spiro atoms. The molecular formula is C15H29N3O3. The maximum atomic E-state index is 12.4. The molecule has 1 heterocycles. The van der Waals surface area contributed by atoms with Gasteiger partial charge in [0.25, 0.3) is 0 Å². The largest absolute Gasteiger partial charge is 0.395 e. The van der Waals surface area contributed by atoms with Crippen molar-refractivity contribution in [2.45, 2.75) is 45.6 Å². The number of amides is 2. The van der Waals surface area contributed by atoms with Gasteiger partial charge in [-0.2, -0.15) is 0 Å². The molecule has 0 aromatic carbocycles. The lowest BCUT2D eigenvalue weighted by Crippen LogP contribution is -2.49. The number of carbonyl (C=O) groups is 2. The molecule has 6 nitrogen and oxygen atoms in total. The molecule has 21 heavy (non-hydrogen) atoms. The van der Waals surface area contributed by atoms with Gasteiger partial charge in [0.05, 0.1) is 19.1 Å². The van der Waals surface area contributed by atoms with Gasteiger partial charge in [-0.15, -0.1) is 0 Å². The minimum atomic E-state index is -0.320. The molecule has 1 saturated heterocycles. The first-order valence-electron chi connectivity index (χ1n) is 7.95. The van der Waals surface area contributed by atoms with Crippen LogP contribution in [0.15, 0.2) is 0 Å². The Morgan fingerprint density at radius 3 is 2.57 bits per heavy atom. The molecule has 122 valence electrons. The lowest BCUT2D eigenvalue weighted by Gasteiger charge is -2.35. The number of aliphatic hydroxyl groups is 1. The molecule has 0 aromatic rings. The van der Waals surface area contributed by atoms with E-state index in [1.807, 2.05) is 4.90 Å². The molecule has 1 atom stereocenters. The van der Waals surface area contributed by atoms with Gasteiger partial charge in [-0.05, 0) is 25.7 Å². The highest BCUT2D eigenvalue weighted by atomic mass is 16.3. The Kier molecular flexibility index (Phi) is 7.67.